The molecule has 0 aliphatic carbocycles. The number of piperidine rings is 1. The van der Waals surface area contributed by atoms with Crippen molar-refractivity contribution in [3.05, 3.63) is 0 Å². The fourth-order valence-corrected chi connectivity index (χ4v) is 3.03. The second kappa shape index (κ2) is 5.68. The van der Waals surface area contributed by atoms with Gasteiger partial charge in [0.05, 0.1) is 6.61 Å². The van der Waals surface area contributed by atoms with Crippen molar-refractivity contribution in [1.29, 1.82) is 0 Å². The van der Waals surface area contributed by atoms with E-state index >= 15 is 0 Å². The molecule has 2 aliphatic heterocycles. The van der Waals surface area contributed by atoms with Gasteiger partial charge in [0.25, 0.3) is 0 Å². The number of likely N-dealkylation sites (tertiary alicyclic amines) is 1. The van der Waals surface area contributed by atoms with Crippen LogP contribution in [0.25, 0.3) is 0 Å². The molecule has 0 radical (unpaired) electrons. The third kappa shape index (κ3) is 3.67. The first-order valence-corrected chi connectivity index (χ1v) is 7.08. The van der Waals surface area contributed by atoms with Gasteiger partial charge in [-0.3, -0.25) is 0 Å². The van der Waals surface area contributed by atoms with Crippen LogP contribution < -0.4 is 5.32 Å². The van der Waals surface area contributed by atoms with Gasteiger partial charge in [-0.15, -0.1) is 0 Å². The number of nitrogens with zero attached hydrogens (tertiary/aromatic N) is 1. The zero-order valence-electron chi connectivity index (χ0n) is 11.7. The molecule has 100 valence electrons. The summed E-state index contributed by atoms with van der Waals surface area (Å²) in [6, 6.07) is 0.652. The van der Waals surface area contributed by atoms with Gasteiger partial charge in [0.15, 0.2) is 0 Å². The number of rotatable bonds is 3. The van der Waals surface area contributed by atoms with E-state index in [1.165, 1.54) is 38.9 Å². The molecule has 17 heavy (non-hydrogen) atoms. The summed E-state index contributed by atoms with van der Waals surface area (Å²) in [6.45, 7) is 10.4. The molecule has 2 fully saturated rings. The Bertz CT molecular complexity index is 232. The highest BCUT2D eigenvalue weighted by molar-refractivity contribution is 4.84. The van der Waals surface area contributed by atoms with Crippen molar-refractivity contribution in [2.45, 2.75) is 39.2 Å². The van der Waals surface area contributed by atoms with Crippen LogP contribution in [0.1, 0.15) is 33.1 Å². The zero-order chi connectivity index (χ0) is 12.3. The maximum atomic E-state index is 5.63. The minimum absolute atomic E-state index is 0.558. The highest BCUT2D eigenvalue weighted by Crippen LogP contribution is 2.30. The van der Waals surface area contributed by atoms with Crippen molar-refractivity contribution in [3.63, 3.8) is 0 Å². The lowest BCUT2D eigenvalue weighted by atomic mass is 9.82. The molecule has 0 bridgehead atoms. The quantitative estimate of drug-likeness (QED) is 0.813. The topological polar surface area (TPSA) is 24.5 Å². The Morgan fingerprint density at radius 1 is 1.29 bits per heavy atom. The van der Waals surface area contributed by atoms with Crippen molar-refractivity contribution in [2.24, 2.45) is 11.3 Å². The van der Waals surface area contributed by atoms with Crippen molar-refractivity contribution >= 4 is 0 Å². The van der Waals surface area contributed by atoms with Crippen molar-refractivity contribution in [3.8, 4) is 0 Å². The molecule has 0 amide bonds. The highest BCUT2D eigenvalue weighted by atomic mass is 16.5. The minimum atomic E-state index is 0.558. The molecule has 2 aliphatic rings. The minimum Gasteiger partial charge on any atom is -0.381 e. The molecular weight excluding hydrogens is 212 g/mol. The maximum absolute atomic E-state index is 5.63. The first-order chi connectivity index (χ1) is 8.11. The van der Waals surface area contributed by atoms with E-state index < -0.39 is 0 Å². The largest absolute Gasteiger partial charge is 0.381 e. The summed E-state index contributed by atoms with van der Waals surface area (Å²) in [5, 5.41) is 3.45. The van der Waals surface area contributed by atoms with Gasteiger partial charge >= 0.3 is 0 Å². The average Bonchev–Trinajstić information content (AvgIpc) is 2.32. The molecule has 1 N–H and O–H groups in total. The first-order valence-electron chi connectivity index (χ1n) is 7.08. The van der Waals surface area contributed by atoms with Crippen LogP contribution in [0.4, 0.5) is 0 Å². The van der Waals surface area contributed by atoms with Gasteiger partial charge in [-0.2, -0.15) is 0 Å². The van der Waals surface area contributed by atoms with Crippen LogP contribution in [-0.4, -0.2) is 50.8 Å². The summed E-state index contributed by atoms with van der Waals surface area (Å²) in [4.78, 5) is 2.63. The van der Waals surface area contributed by atoms with Gasteiger partial charge in [-0.1, -0.05) is 13.8 Å². The monoisotopic (exact) mass is 240 g/mol. The van der Waals surface area contributed by atoms with E-state index in [1.54, 1.807) is 0 Å². The van der Waals surface area contributed by atoms with Crippen molar-refractivity contribution in [1.82, 2.24) is 10.2 Å². The van der Waals surface area contributed by atoms with Crippen molar-refractivity contribution < 1.29 is 4.74 Å². The fraction of sp³-hybridized carbons (Fsp3) is 1.00. The summed E-state index contributed by atoms with van der Waals surface area (Å²) in [6.07, 6.45) is 3.84. The Hall–Kier alpha value is -0.120. The highest BCUT2D eigenvalue weighted by Gasteiger charge is 2.30. The molecule has 0 aromatic rings. The van der Waals surface area contributed by atoms with E-state index in [9.17, 15) is 0 Å². The van der Waals surface area contributed by atoms with Crippen LogP contribution in [0.5, 0.6) is 0 Å². The van der Waals surface area contributed by atoms with Crippen molar-refractivity contribution in [2.75, 3.05) is 39.9 Å². The van der Waals surface area contributed by atoms with E-state index in [-0.39, 0.29) is 0 Å². The Morgan fingerprint density at radius 3 is 2.65 bits per heavy atom. The van der Waals surface area contributed by atoms with Crippen LogP contribution >= 0.6 is 0 Å². The second-order valence-electron chi connectivity index (χ2n) is 6.48. The molecule has 0 saturated carbocycles. The van der Waals surface area contributed by atoms with E-state index in [2.05, 4.69) is 31.1 Å². The molecule has 0 aromatic carbocycles. The fourth-order valence-electron chi connectivity index (χ4n) is 3.03. The van der Waals surface area contributed by atoms with Gasteiger partial charge in [-0.25, -0.2) is 0 Å². The van der Waals surface area contributed by atoms with E-state index in [4.69, 9.17) is 4.74 Å². The van der Waals surface area contributed by atoms with E-state index in [1.807, 2.05) is 0 Å². The van der Waals surface area contributed by atoms with Gasteiger partial charge in [0.1, 0.15) is 0 Å². The number of nitrogens with one attached hydrogen (secondary N) is 1. The van der Waals surface area contributed by atoms with Gasteiger partial charge < -0.3 is 15.0 Å². The lowest BCUT2D eigenvalue weighted by molar-refractivity contribution is 0.00957. The third-order valence-electron chi connectivity index (χ3n) is 4.55. The standard InChI is InChI=1S/C14H28N2O/c1-14(2)5-7-16(8-6-14)10-12-11-17-9-4-13(12)15-3/h12-13,15H,4-11H2,1-3H3. The molecule has 0 aromatic heterocycles. The number of hydrogen-bond donors (Lipinski definition) is 1. The number of hydrogen-bond acceptors (Lipinski definition) is 3. The molecular formula is C14H28N2O. The van der Waals surface area contributed by atoms with E-state index in [0.29, 0.717) is 17.4 Å². The summed E-state index contributed by atoms with van der Waals surface area (Å²) in [7, 11) is 2.09. The molecule has 2 rings (SSSR count). The van der Waals surface area contributed by atoms with Crippen LogP contribution in [0, 0.1) is 11.3 Å². The average molecular weight is 240 g/mol. The molecule has 2 unspecified atom stereocenters. The Labute approximate surface area is 106 Å². The van der Waals surface area contributed by atoms with Gasteiger partial charge in [0.2, 0.25) is 0 Å². The van der Waals surface area contributed by atoms with E-state index in [0.717, 1.165) is 13.2 Å². The Kier molecular flexibility index (Phi) is 4.45. The predicted molar refractivity (Wildman–Crippen MR) is 71.2 cm³/mol. The van der Waals surface area contributed by atoms with Crippen LogP contribution in [0.3, 0.4) is 0 Å². The molecule has 0 spiro atoms. The summed E-state index contributed by atoms with van der Waals surface area (Å²) in [5.41, 5.74) is 0.558. The maximum Gasteiger partial charge on any atom is 0.0521 e. The molecule has 2 saturated heterocycles. The Morgan fingerprint density at radius 2 is 2.00 bits per heavy atom. The summed E-state index contributed by atoms with van der Waals surface area (Å²) >= 11 is 0. The Balaban J connectivity index is 1.80. The smallest absolute Gasteiger partial charge is 0.0521 e. The lowest BCUT2D eigenvalue weighted by Gasteiger charge is -2.40. The number of ether oxygens (including phenoxy) is 1. The van der Waals surface area contributed by atoms with Gasteiger partial charge in [-0.05, 0) is 44.8 Å². The molecule has 3 nitrogen and oxygen atoms in total. The lowest BCUT2D eigenvalue weighted by Crippen LogP contribution is -2.48. The van der Waals surface area contributed by atoms with Crippen LogP contribution in [-0.2, 0) is 4.74 Å². The predicted octanol–water partition coefficient (Wildman–Crippen LogP) is 1.73. The molecule has 3 heteroatoms. The second-order valence-corrected chi connectivity index (χ2v) is 6.48. The molecule has 2 heterocycles. The summed E-state index contributed by atoms with van der Waals surface area (Å²) < 4.78 is 5.63. The zero-order valence-corrected chi connectivity index (χ0v) is 11.7. The van der Waals surface area contributed by atoms with Crippen LogP contribution in [0.15, 0.2) is 0 Å². The first kappa shape index (κ1) is 13.3. The SMILES string of the molecule is CNC1CCOCC1CN1CCC(C)(C)CC1. The third-order valence-corrected chi connectivity index (χ3v) is 4.55. The van der Waals surface area contributed by atoms with Crippen LogP contribution in [0.2, 0.25) is 0 Å². The van der Waals surface area contributed by atoms with Gasteiger partial charge in [0, 0.05) is 25.1 Å². The molecule has 2 atom stereocenters. The summed E-state index contributed by atoms with van der Waals surface area (Å²) in [5.74, 6) is 0.676. The normalized spacial score (nSPS) is 34.8.